The highest BCUT2D eigenvalue weighted by molar-refractivity contribution is 8.04. The van der Waals surface area contributed by atoms with E-state index in [9.17, 15) is 0 Å². The predicted octanol–water partition coefficient (Wildman–Crippen LogP) is 3.51. The zero-order chi connectivity index (χ0) is 17.4. The lowest BCUT2D eigenvalue weighted by Gasteiger charge is -2.16. The van der Waals surface area contributed by atoms with Gasteiger partial charge in [-0.1, -0.05) is 30.3 Å². The van der Waals surface area contributed by atoms with Crippen LogP contribution in [0.25, 0.3) is 6.08 Å². The van der Waals surface area contributed by atoms with E-state index in [1.165, 1.54) is 0 Å². The van der Waals surface area contributed by atoms with Gasteiger partial charge in [-0.2, -0.15) is 14.9 Å². The molecule has 1 aliphatic heterocycles. The summed E-state index contributed by atoms with van der Waals surface area (Å²) in [5.74, 6) is 0.782. The van der Waals surface area contributed by atoms with Crippen molar-refractivity contribution in [3.05, 3.63) is 64.1 Å². The molecule has 0 aliphatic carbocycles. The molecule has 126 valence electrons. The van der Waals surface area contributed by atoms with Crippen LogP contribution in [0.1, 0.15) is 29.6 Å². The second-order valence-corrected chi connectivity index (χ2v) is 6.78. The molecule has 1 aromatic carbocycles. The Morgan fingerprint density at radius 3 is 2.64 bits per heavy atom. The lowest BCUT2D eigenvalue weighted by molar-refractivity contribution is 0.639. The van der Waals surface area contributed by atoms with Crippen molar-refractivity contribution in [1.29, 1.82) is 0 Å². The van der Waals surface area contributed by atoms with Crippen molar-refractivity contribution < 1.29 is 0 Å². The van der Waals surface area contributed by atoms with E-state index in [1.807, 2.05) is 36.0 Å². The quantitative estimate of drug-likeness (QED) is 0.725. The lowest BCUT2D eigenvalue weighted by Crippen LogP contribution is -2.12. The molecular formula is C18H18N6S. The Hall–Kier alpha value is -2.67. The van der Waals surface area contributed by atoms with E-state index in [1.54, 1.807) is 16.4 Å². The molecule has 0 amide bonds. The molecule has 0 saturated carbocycles. The number of nitrogens with zero attached hydrogens (tertiary/aromatic N) is 6. The summed E-state index contributed by atoms with van der Waals surface area (Å²) in [5.41, 5.74) is 4.23. The van der Waals surface area contributed by atoms with E-state index >= 15 is 0 Å². The van der Waals surface area contributed by atoms with Crippen LogP contribution >= 0.6 is 11.8 Å². The second kappa shape index (κ2) is 6.33. The molecule has 7 heteroatoms. The molecule has 0 fully saturated rings. The molecule has 0 saturated heterocycles. The Balaban J connectivity index is 1.86. The fraction of sp³-hybridized carbons (Fsp3) is 0.222. The number of fused-ring (bicyclic) bond motifs is 1. The summed E-state index contributed by atoms with van der Waals surface area (Å²) in [5, 5.41) is 18.4. The van der Waals surface area contributed by atoms with E-state index < -0.39 is 0 Å². The first-order valence-electron chi connectivity index (χ1n) is 8.16. The highest BCUT2D eigenvalue weighted by atomic mass is 32.2. The Kier molecular flexibility index (Phi) is 4.01. The van der Waals surface area contributed by atoms with E-state index in [2.05, 4.69) is 47.4 Å². The molecule has 0 N–H and O–H groups in total. The average molecular weight is 350 g/mol. The molecule has 3 heterocycles. The summed E-state index contributed by atoms with van der Waals surface area (Å²) < 4.78 is 3.79. The molecule has 0 bridgehead atoms. The summed E-state index contributed by atoms with van der Waals surface area (Å²) in [6, 6.07) is 10.2. The van der Waals surface area contributed by atoms with Gasteiger partial charge < -0.3 is 0 Å². The van der Waals surface area contributed by atoms with Crippen molar-refractivity contribution in [3.8, 4) is 0 Å². The fourth-order valence-electron chi connectivity index (χ4n) is 2.77. The van der Waals surface area contributed by atoms with Crippen molar-refractivity contribution in [3.63, 3.8) is 0 Å². The summed E-state index contributed by atoms with van der Waals surface area (Å²) in [6.45, 7) is 6.94. The minimum Gasteiger partial charge on any atom is -0.270 e. The van der Waals surface area contributed by atoms with Crippen molar-refractivity contribution in [2.75, 3.05) is 0 Å². The molecule has 3 aromatic rings. The number of benzene rings is 1. The van der Waals surface area contributed by atoms with Crippen LogP contribution in [0.15, 0.2) is 51.7 Å². The molecule has 6 nitrogen and oxygen atoms in total. The van der Waals surface area contributed by atoms with Gasteiger partial charge in [-0.3, -0.25) is 4.68 Å². The van der Waals surface area contributed by atoms with Crippen molar-refractivity contribution in [2.24, 2.45) is 5.10 Å². The molecule has 0 unspecified atom stereocenters. The van der Waals surface area contributed by atoms with Gasteiger partial charge in [0.15, 0.2) is 5.82 Å². The zero-order valence-electron chi connectivity index (χ0n) is 14.3. The number of aromatic nitrogens is 5. The van der Waals surface area contributed by atoms with E-state index in [0.29, 0.717) is 0 Å². The van der Waals surface area contributed by atoms with Crippen molar-refractivity contribution in [2.45, 2.75) is 32.5 Å². The smallest absolute Gasteiger partial charge is 0.216 e. The molecule has 4 rings (SSSR count). The molecule has 25 heavy (non-hydrogen) atoms. The lowest BCUT2D eigenvalue weighted by atomic mass is 10.1. The maximum absolute atomic E-state index is 4.80. The third-order valence-electron chi connectivity index (χ3n) is 4.18. The highest BCUT2D eigenvalue weighted by Gasteiger charge is 2.23. The van der Waals surface area contributed by atoms with Gasteiger partial charge in [-0.05, 0) is 38.6 Å². The number of hydrogen-bond donors (Lipinski definition) is 0. The largest absolute Gasteiger partial charge is 0.270 e. The van der Waals surface area contributed by atoms with Crippen LogP contribution in [0.3, 0.4) is 0 Å². The summed E-state index contributed by atoms with van der Waals surface area (Å²) in [7, 11) is 0. The van der Waals surface area contributed by atoms with E-state index in [4.69, 9.17) is 5.10 Å². The Labute approximate surface area is 150 Å². The Bertz CT molecular complexity index is 980. The van der Waals surface area contributed by atoms with Gasteiger partial charge in [0.25, 0.3) is 0 Å². The fourth-order valence-corrected chi connectivity index (χ4v) is 3.75. The van der Waals surface area contributed by atoms with Gasteiger partial charge in [0.05, 0.1) is 6.20 Å². The van der Waals surface area contributed by atoms with Gasteiger partial charge in [0, 0.05) is 28.3 Å². The molecule has 0 radical (unpaired) electrons. The van der Waals surface area contributed by atoms with E-state index in [0.717, 1.165) is 45.0 Å². The van der Waals surface area contributed by atoms with Crippen LogP contribution in [0.5, 0.6) is 0 Å². The van der Waals surface area contributed by atoms with E-state index in [-0.39, 0.29) is 0 Å². The maximum Gasteiger partial charge on any atom is 0.216 e. The summed E-state index contributed by atoms with van der Waals surface area (Å²) >= 11 is 1.58. The van der Waals surface area contributed by atoms with Crippen molar-refractivity contribution in [1.82, 2.24) is 24.7 Å². The van der Waals surface area contributed by atoms with Gasteiger partial charge in [0.2, 0.25) is 5.16 Å². The van der Waals surface area contributed by atoms with Crippen LogP contribution in [0.4, 0.5) is 0 Å². The molecule has 2 aromatic heterocycles. The zero-order valence-corrected chi connectivity index (χ0v) is 15.2. The molecule has 0 atom stereocenters. The predicted molar refractivity (Wildman–Crippen MR) is 99.6 cm³/mol. The van der Waals surface area contributed by atoms with Gasteiger partial charge >= 0.3 is 0 Å². The molecule has 0 spiro atoms. The average Bonchev–Trinajstić information content (AvgIpc) is 3.18. The third-order valence-corrected chi connectivity index (χ3v) is 5.15. The number of thioether (sulfide) groups is 1. The first-order valence-corrected chi connectivity index (χ1v) is 8.97. The Morgan fingerprint density at radius 2 is 1.92 bits per heavy atom. The normalized spacial score (nSPS) is 15.3. The first-order chi connectivity index (χ1) is 12.2. The number of allylic oxidation sites excluding steroid dienone is 1. The first kappa shape index (κ1) is 15.8. The summed E-state index contributed by atoms with van der Waals surface area (Å²) in [6.07, 6.45) is 4.04. The minimum absolute atomic E-state index is 0.781. The SMILES string of the molecule is CCn1ncc(C=C2Sc3nnc(C)n3N=C2c2ccccc2)c1C. The van der Waals surface area contributed by atoms with Gasteiger partial charge in [0.1, 0.15) is 5.71 Å². The van der Waals surface area contributed by atoms with Crippen LogP contribution in [0, 0.1) is 13.8 Å². The van der Waals surface area contributed by atoms with Crippen molar-refractivity contribution >= 4 is 23.5 Å². The Morgan fingerprint density at radius 1 is 1.12 bits per heavy atom. The molecule has 1 aliphatic rings. The van der Waals surface area contributed by atoms with Gasteiger partial charge in [-0.15, -0.1) is 10.2 Å². The summed E-state index contributed by atoms with van der Waals surface area (Å²) in [4.78, 5) is 1.05. The third kappa shape index (κ3) is 2.80. The standard InChI is InChI=1S/C18H18N6S/c1-4-23-12(2)15(11-19-23)10-16-17(14-8-6-5-7-9-14)22-24-13(3)20-21-18(24)25-16/h5-11H,4H2,1-3H3. The second-order valence-electron chi connectivity index (χ2n) is 5.77. The highest BCUT2D eigenvalue weighted by Crippen LogP contribution is 2.35. The van der Waals surface area contributed by atoms with Crippen LogP contribution in [0.2, 0.25) is 0 Å². The minimum atomic E-state index is 0.781. The van der Waals surface area contributed by atoms with Crippen LogP contribution in [-0.4, -0.2) is 30.4 Å². The number of aryl methyl sites for hydroxylation is 2. The maximum atomic E-state index is 4.80. The van der Waals surface area contributed by atoms with Gasteiger partial charge in [-0.25, -0.2) is 0 Å². The molecular weight excluding hydrogens is 332 g/mol. The number of rotatable bonds is 3. The number of hydrogen-bond acceptors (Lipinski definition) is 5. The topological polar surface area (TPSA) is 60.9 Å². The monoisotopic (exact) mass is 350 g/mol. The van der Waals surface area contributed by atoms with Crippen LogP contribution < -0.4 is 0 Å². The van der Waals surface area contributed by atoms with Crippen LogP contribution in [-0.2, 0) is 6.54 Å².